The predicted molar refractivity (Wildman–Crippen MR) is 96.9 cm³/mol. The number of hydrogen-bond acceptors (Lipinski definition) is 3. The molecule has 3 nitrogen and oxygen atoms in total. The maximum atomic E-state index is 10.2. The second kappa shape index (κ2) is 5.33. The van der Waals surface area contributed by atoms with Gasteiger partial charge >= 0.3 is 0 Å². The predicted octanol–water partition coefficient (Wildman–Crippen LogP) is 4.30. The largest absolute Gasteiger partial charge is 0.393 e. The van der Waals surface area contributed by atoms with Crippen LogP contribution in [0.25, 0.3) is 0 Å². The van der Waals surface area contributed by atoms with Gasteiger partial charge in [-0.3, -0.25) is 0 Å². The third-order valence-electron chi connectivity index (χ3n) is 9.39. The van der Waals surface area contributed by atoms with Crippen LogP contribution in [0.15, 0.2) is 12.2 Å². The molecular weight excluding hydrogens is 312 g/mol. The minimum absolute atomic E-state index is 0.115. The van der Waals surface area contributed by atoms with E-state index in [1.165, 1.54) is 31.3 Å². The fraction of sp³-hybridized carbons (Fsp3) is 0.909. The van der Waals surface area contributed by atoms with Crippen molar-refractivity contribution in [3.05, 3.63) is 12.2 Å². The number of ether oxygens (including phenoxy) is 2. The molecule has 5 aliphatic rings. The lowest BCUT2D eigenvalue weighted by atomic mass is 9.44. The van der Waals surface area contributed by atoms with Crippen molar-refractivity contribution < 1.29 is 14.6 Å². The van der Waals surface area contributed by atoms with Gasteiger partial charge in [-0.25, -0.2) is 0 Å². The van der Waals surface area contributed by atoms with Crippen molar-refractivity contribution in [1.82, 2.24) is 0 Å². The molecule has 0 aromatic rings. The first-order valence-corrected chi connectivity index (χ1v) is 10.5. The third kappa shape index (κ3) is 2.04. The molecule has 0 aromatic heterocycles. The first-order valence-electron chi connectivity index (χ1n) is 10.5. The van der Waals surface area contributed by atoms with Crippen molar-refractivity contribution in [3.63, 3.8) is 0 Å². The Morgan fingerprint density at radius 3 is 2.48 bits per heavy atom. The Balaban J connectivity index is 1.49. The summed E-state index contributed by atoms with van der Waals surface area (Å²) < 4.78 is 12.5. The Bertz CT molecular complexity index is 580. The molecule has 7 atom stereocenters. The second-order valence-electron chi connectivity index (χ2n) is 10.2. The van der Waals surface area contributed by atoms with Crippen molar-refractivity contribution >= 4 is 0 Å². The Morgan fingerprint density at radius 2 is 1.72 bits per heavy atom. The van der Waals surface area contributed by atoms with Crippen molar-refractivity contribution in [2.75, 3.05) is 13.2 Å². The Hall–Kier alpha value is -0.380. The molecule has 5 fully saturated rings. The molecule has 0 amide bonds. The molecular formula is C22H34O3. The minimum Gasteiger partial charge on any atom is -0.393 e. The monoisotopic (exact) mass is 346 g/mol. The van der Waals surface area contributed by atoms with Gasteiger partial charge in [-0.15, -0.1) is 0 Å². The summed E-state index contributed by atoms with van der Waals surface area (Å²) in [6, 6.07) is 0. The molecule has 3 heteroatoms. The van der Waals surface area contributed by atoms with Gasteiger partial charge < -0.3 is 14.6 Å². The topological polar surface area (TPSA) is 38.7 Å². The van der Waals surface area contributed by atoms with Crippen LogP contribution in [0.3, 0.4) is 0 Å². The molecule has 0 unspecified atom stereocenters. The maximum absolute atomic E-state index is 10.2. The average molecular weight is 347 g/mol. The molecule has 1 aliphatic heterocycles. The second-order valence-corrected chi connectivity index (χ2v) is 10.2. The van der Waals surface area contributed by atoms with Crippen molar-refractivity contribution in [1.29, 1.82) is 0 Å². The van der Waals surface area contributed by atoms with E-state index >= 15 is 0 Å². The van der Waals surface area contributed by atoms with E-state index in [1.807, 2.05) is 0 Å². The van der Waals surface area contributed by atoms with Crippen LogP contribution >= 0.6 is 0 Å². The summed E-state index contributed by atoms with van der Waals surface area (Å²) in [5.41, 5.74) is 1.93. The highest BCUT2D eigenvalue weighted by molar-refractivity contribution is 5.21. The summed E-state index contributed by atoms with van der Waals surface area (Å²) >= 11 is 0. The molecule has 1 heterocycles. The van der Waals surface area contributed by atoms with E-state index in [-0.39, 0.29) is 17.3 Å². The highest BCUT2D eigenvalue weighted by Crippen LogP contribution is 2.70. The molecule has 1 N–H and O–H groups in total. The molecule has 1 spiro atoms. The zero-order chi connectivity index (χ0) is 17.4. The number of hydrogen-bond donors (Lipinski definition) is 1. The smallest absolute Gasteiger partial charge is 0.174 e. The summed E-state index contributed by atoms with van der Waals surface area (Å²) in [5.74, 6) is 2.44. The van der Waals surface area contributed by atoms with Gasteiger partial charge in [0.1, 0.15) is 0 Å². The summed E-state index contributed by atoms with van der Waals surface area (Å²) in [5, 5.41) is 10.2. The van der Waals surface area contributed by atoms with Crippen LogP contribution in [0.4, 0.5) is 0 Å². The average Bonchev–Trinajstić information content (AvgIpc) is 3.17. The maximum Gasteiger partial charge on any atom is 0.174 e. The molecule has 25 heavy (non-hydrogen) atoms. The highest BCUT2D eigenvalue weighted by atomic mass is 16.7. The van der Waals surface area contributed by atoms with Gasteiger partial charge in [0.15, 0.2) is 5.79 Å². The molecule has 0 radical (unpaired) electrons. The lowest BCUT2D eigenvalue weighted by Gasteiger charge is -2.61. The van der Waals surface area contributed by atoms with E-state index in [9.17, 15) is 5.11 Å². The number of rotatable bonds is 0. The van der Waals surface area contributed by atoms with Gasteiger partial charge in [0.05, 0.1) is 19.3 Å². The number of allylic oxidation sites excluding steroid dienone is 1. The van der Waals surface area contributed by atoms with Crippen molar-refractivity contribution in [3.8, 4) is 0 Å². The van der Waals surface area contributed by atoms with E-state index in [2.05, 4.69) is 20.4 Å². The van der Waals surface area contributed by atoms with E-state index < -0.39 is 0 Å². The lowest BCUT2D eigenvalue weighted by Crippen LogP contribution is -2.57. The van der Waals surface area contributed by atoms with Crippen LogP contribution in [-0.4, -0.2) is 30.2 Å². The van der Waals surface area contributed by atoms with Crippen LogP contribution in [0, 0.1) is 34.5 Å². The van der Waals surface area contributed by atoms with Gasteiger partial charge in [-0.2, -0.15) is 0 Å². The van der Waals surface area contributed by atoms with Crippen LogP contribution in [0.2, 0.25) is 0 Å². The molecule has 4 aliphatic carbocycles. The molecule has 0 aromatic carbocycles. The molecule has 1 saturated heterocycles. The number of aliphatic hydroxyl groups is 1. The van der Waals surface area contributed by atoms with Crippen molar-refractivity contribution in [2.45, 2.75) is 77.1 Å². The van der Waals surface area contributed by atoms with Gasteiger partial charge in [0.25, 0.3) is 0 Å². The van der Waals surface area contributed by atoms with Crippen molar-refractivity contribution in [2.24, 2.45) is 34.5 Å². The first-order chi connectivity index (χ1) is 11.9. The summed E-state index contributed by atoms with van der Waals surface area (Å²) in [6.07, 6.45) is 8.97. The Labute approximate surface area is 152 Å². The highest BCUT2D eigenvalue weighted by Gasteiger charge is 2.67. The quantitative estimate of drug-likeness (QED) is 0.665. The zero-order valence-corrected chi connectivity index (χ0v) is 15.9. The van der Waals surface area contributed by atoms with Crippen LogP contribution < -0.4 is 0 Å². The molecule has 0 bridgehead atoms. The van der Waals surface area contributed by atoms with Crippen LogP contribution in [-0.2, 0) is 9.47 Å². The fourth-order valence-electron chi connectivity index (χ4n) is 8.11. The number of aliphatic hydroxyl groups excluding tert-OH is 1. The third-order valence-corrected chi connectivity index (χ3v) is 9.39. The summed E-state index contributed by atoms with van der Waals surface area (Å²) in [7, 11) is 0. The van der Waals surface area contributed by atoms with Gasteiger partial charge in [-0.1, -0.05) is 26.0 Å². The normalized spacial score (nSPS) is 54.2. The van der Waals surface area contributed by atoms with E-state index in [4.69, 9.17) is 9.47 Å². The van der Waals surface area contributed by atoms with E-state index in [0.29, 0.717) is 17.3 Å². The lowest BCUT2D eigenvalue weighted by molar-refractivity contribution is -0.245. The fourth-order valence-corrected chi connectivity index (χ4v) is 8.11. The summed E-state index contributed by atoms with van der Waals surface area (Å²) in [4.78, 5) is 0. The van der Waals surface area contributed by atoms with Gasteiger partial charge in [0.2, 0.25) is 0 Å². The van der Waals surface area contributed by atoms with E-state index in [0.717, 1.165) is 50.7 Å². The first kappa shape index (κ1) is 16.8. The Kier molecular flexibility index (Phi) is 3.57. The number of fused-ring (bicyclic) bond motifs is 6. The molecule has 5 rings (SSSR count). The van der Waals surface area contributed by atoms with Crippen LogP contribution in [0.1, 0.15) is 65.2 Å². The van der Waals surface area contributed by atoms with Crippen LogP contribution in [0.5, 0.6) is 0 Å². The SMILES string of the molecule is C=C1C[C@@H]2[C@H](CC[C@@]3(C)[C@H]2CCC32OCCO2)[C@@]2(C)CC[C@H](O)C[C@H]12. The zero-order valence-electron chi connectivity index (χ0n) is 15.9. The van der Waals surface area contributed by atoms with Gasteiger partial charge in [-0.05, 0) is 74.0 Å². The minimum atomic E-state index is -0.301. The van der Waals surface area contributed by atoms with Gasteiger partial charge in [0, 0.05) is 11.8 Å². The standard InChI is InChI=1S/C22H34O3/c1-14-12-16-17(20(2)7-4-15(23)13-19(14)20)5-8-21(3)18(16)6-9-22(21)24-10-11-25-22/h15-19,23H,1,4-13H2,2-3H3/t15-,16+,17-,18-,19+,20+,21-/m0/s1. The summed E-state index contributed by atoms with van der Waals surface area (Å²) in [6.45, 7) is 11.0. The van der Waals surface area contributed by atoms with E-state index in [1.54, 1.807) is 0 Å². The molecule has 4 saturated carbocycles. The Morgan fingerprint density at radius 1 is 1.00 bits per heavy atom. The molecule has 140 valence electrons.